The van der Waals surface area contributed by atoms with E-state index in [1.807, 2.05) is 11.4 Å². The Labute approximate surface area is 103 Å². The van der Waals surface area contributed by atoms with Crippen LogP contribution in [-0.4, -0.2) is 23.0 Å². The van der Waals surface area contributed by atoms with Crippen molar-refractivity contribution in [3.05, 3.63) is 22.4 Å². The first-order valence-electron chi connectivity index (χ1n) is 4.68. The van der Waals surface area contributed by atoms with Crippen molar-refractivity contribution in [2.75, 3.05) is 12.4 Å². The number of thiophene rings is 1. The molecule has 1 aromatic heterocycles. The Morgan fingerprint density at radius 1 is 1.73 bits per heavy atom. The lowest BCUT2D eigenvalue weighted by atomic mass is 10.4. The summed E-state index contributed by atoms with van der Waals surface area (Å²) in [6, 6.07) is 4.10. The van der Waals surface area contributed by atoms with E-state index < -0.39 is 4.71 Å². The Balaban J connectivity index is 2.17. The van der Waals surface area contributed by atoms with Gasteiger partial charge in [-0.05, 0) is 24.8 Å². The minimum absolute atomic E-state index is 0.338. The molecule has 0 saturated heterocycles. The van der Waals surface area contributed by atoms with Crippen LogP contribution in [0.2, 0.25) is 0 Å². The molecule has 15 heavy (non-hydrogen) atoms. The van der Waals surface area contributed by atoms with Gasteiger partial charge in [0.25, 0.3) is 0 Å². The number of hydrogen-bond donors (Lipinski definition) is 0. The predicted molar refractivity (Wildman–Crippen MR) is 66.8 cm³/mol. The molecule has 0 radical (unpaired) electrons. The molecule has 0 amide bonds. The number of carbonyl (C=O) groups is 1. The number of alkyl halides is 1. The number of hydrogen-bond acceptors (Lipinski definition) is 4. The molecule has 0 aliphatic heterocycles. The number of rotatable bonds is 6. The van der Waals surface area contributed by atoms with Crippen LogP contribution in [0, 0.1) is 0 Å². The van der Waals surface area contributed by atoms with Crippen LogP contribution in [0.1, 0.15) is 11.8 Å². The van der Waals surface area contributed by atoms with E-state index in [0.717, 1.165) is 12.2 Å². The number of aryl methyl sites for hydroxylation is 1. The third-order valence-electron chi connectivity index (χ3n) is 1.66. The second-order valence-electron chi connectivity index (χ2n) is 2.77. The lowest BCUT2D eigenvalue weighted by Crippen LogP contribution is -2.15. The van der Waals surface area contributed by atoms with Gasteiger partial charge in [0.2, 0.25) is 0 Å². The molecule has 1 aromatic rings. The molecule has 0 spiro atoms. The van der Waals surface area contributed by atoms with Gasteiger partial charge < -0.3 is 4.74 Å². The van der Waals surface area contributed by atoms with Gasteiger partial charge in [-0.15, -0.1) is 23.1 Å². The lowest BCUT2D eigenvalue weighted by molar-refractivity contribution is -0.140. The van der Waals surface area contributed by atoms with E-state index in [2.05, 4.69) is 6.07 Å². The van der Waals surface area contributed by atoms with Crippen molar-refractivity contribution in [2.24, 2.45) is 0 Å². The molecule has 0 aromatic carbocycles. The van der Waals surface area contributed by atoms with Crippen LogP contribution in [0.5, 0.6) is 0 Å². The minimum Gasteiger partial charge on any atom is -0.464 e. The molecule has 5 heteroatoms. The quantitative estimate of drug-likeness (QED) is 0.583. The second kappa shape index (κ2) is 7.14. The summed E-state index contributed by atoms with van der Waals surface area (Å²) in [7, 11) is 0. The SMILES string of the molecule is CCOC(=O)C(Cl)SCCc1cccs1. The summed E-state index contributed by atoms with van der Waals surface area (Å²) in [5.41, 5.74) is 0. The number of carbonyl (C=O) groups excluding carboxylic acids is 1. The Morgan fingerprint density at radius 2 is 2.53 bits per heavy atom. The van der Waals surface area contributed by atoms with Gasteiger partial charge in [0.1, 0.15) is 0 Å². The van der Waals surface area contributed by atoms with Crippen molar-refractivity contribution in [1.82, 2.24) is 0 Å². The summed E-state index contributed by atoms with van der Waals surface area (Å²) in [5.74, 6) is 0.503. The van der Waals surface area contributed by atoms with E-state index >= 15 is 0 Å². The van der Waals surface area contributed by atoms with Gasteiger partial charge in [-0.25, -0.2) is 4.79 Å². The molecule has 0 fully saturated rings. The fourth-order valence-corrected chi connectivity index (χ4v) is 2.91. The second-order valence-corrected chi connectivity index (χ2v) is 5.71. The van der Waals surface area contributed by atoms with Gasteiger partial charge in [0.15, 0.2) is 4.71 Å². The molecule has 84 valence electrons. The van der Waals surface area contributed by atoms with E-state index in [0.29, 0.717) is 6.61 Å². The zero-order valence-corrected chi connectivity index (χ0v) is 10.8. The maximum absolute atomic E-state index is 11.2. The molecule has 0 aliphatic rings. The number of esters is 1. The molecule has 1 heterocycles. The van der Waals surface area contributed by atoms with Gasteiger partial charge in [0.05, 0.1) is 6.61 Å². The van der Waals surface area contributed by atoms with Crippen LogP contribution in [0.4, 0.5) is 0 Å². The highest BCUT2D eigenvalue weighted by Crippen LogP contribution is 2.19. The van der Waals surface area contributed by atoms with Gasteiger partial charge in [0, 0.05) is 10.6 Å². The Kier molecular flexibility index (Phi) is 6.13. The molecule has 2 nitrogen and oxygen atoms in total. The maximum Gasteiger partial charge on any atom is 0.334 e. The summed E-state index contributed by atoms with van der Waals surface area (Å²) in [4.78, 5) is 12.5. The molecular formula is C10H13ClO2S2. The molecule has 1 rings (SSSR count). The normalized spacial score (nSPS) is 12.4. The van der Waals surface area contributed by atoms with Crippen molar-refractivity contribution >= 4 is 40.7 Å². The third kappa shape index (κ3) is 4.91. The fourth-order valence-electron chi connectivity index (χ4n) is 0.994. The van der Waals surface area contributed by atoms with Gasteiger partial charge in [-0.1, -0.05) is 17.7 Å². The predicted octanol–water partition coefficient (Wildman–Crippen LogP) is 3.15. The summed E-state index contributed by atoms with van der Waals surface area (Å²) in [6.45, 7) is 2.16. The van der Waals surface area contributed by atoms with Crippen LogP contribution in [0.3, 0.4) is 0 Å². The molecule has 0 bridgehead atoms. The van der Waals surface area contributed by atoms with E-state index in [-0.39, 0.29) is 5.97 Å². The van der Waals surface area contributed by atoms with Crippen LogP contribution < -0.4 is 0 Å². The first kappa shape index (κ1) is 12.9. The first-order valence-corrected chi connectivity index (χ1v) is 7.05. The zero-order valence-electron chi connectivity index (χ0n) is 8.44. The van der Waals surface area contributed by atoms with Crippen LogP contribution in [-0.2, 0) is 16.0 Å². The number of thioether (sulfide) groups is 1. The summed E-state index contributed by atoms with van der Waals surface area (Å²) in [6.07, 6.45) is 0.949. The van der Waals surface area contributed by atoms with Crippen molar-refractivity contribution in [3.8, 4) is 0 Å². The molecule has 1 unspecified atom stereocenters. The van der Waals surface area contributed by atoms with Crippen molar-refractivity contribution < 1.29 is 9.53 Å². The first-order chi connectivity index (χ1) is 7.24. The van der Waals surface area contributed by atoms with E-state index in [9.17, 15) is 4.79 Å². The molecule has 0 N–H and O–H groups in total. The summed E-state index contributed by atoms with van der Waals surface area (Å²) in [5, 5.41) is 2.05. The van der Waals surface area contributed by atoms with E-state index in [1.54, 1.807) is 18.3 Å². The number of halogens is 1. The molecular weight excluding hydrogens is 252 g/mol. The van der Waals surface area contributed by atoms with Crippen LogP contribution >= 0.6 is 34.7 Å². The standard InChI is InChI=1S/C10H13ClO2S2/c1-2-13-10(12)9(11)15-7-5-8-4-3-6-14-8/h3-4,6,9H,2,5,7H2,1H3. The summed E-state index contributed by atoms with van der Waals surface area (Å²) >= 11 is 8.98. The topological polar surface area (TPSA) is 26.3 Å². The van der Waals surface area contributed by atoms with E-state index in [1.165, 1.54) is 16.6 Å². The highest BCUT2D eigenvalue weighted by molar-refractivity contribution is 8.01. The van der Waals surface area contributed by atoms with Gasteiger partial charge >= 0.3 is 5.97 Å². The average molecular weight is 265 g/mol. The largest absolute Gasteiger partial charge is 0.464 e. The molecule has 0 aliphatic carbocycles. The van der Waals surface area contributed by atoms with Crippen molar-refractivity contribution in [1.29, 1.82) is 0 Å². The van der Waals surface area contributed by atoms with Gasteiger partial charge in [-0.2, -0.15) is 0 Å². The highest BCUT2D eigenvalue weighted by Gasteiger charge is 2.16. The lowest BCUT2D eigenvalue weighted by Gasteiger charge is -2.07. The highest BCUT2D eigenvalue weighted by atomic mass is 35.5. The third-order valence-corrected chi connectivity index (χ3v) is 4.08. The zero-order chi connectivity index (χ0) is 11.1. The Bertz CT molecular complexity index is 288. The van der Waals surface area contributed by atoms with Gasteiger partial charge in [-0.3, -0.25) is 0 Å². The van der Waals surface area contributed by atoms with Crippen molar-refractivity contribution in [3.63, 3.8) is 0 Å². The fraction of sp³-hybridized carbons (Fsp3) is 0.500. The smallest absolute Gasteiger partial charge is 0.334 e. The monoisotopic (exact) mass is 264 g/mol. The Hall–Kier alpha value is -0.190. The minimum atomic E-state index is -0.579. The number of ether oxygens (including phenoxy) is 1. The van der Waals surface area contributed by atoms with Crippen LogP contribution in [0.25, 0.3) is 0 Å². The molecule has 0 saturated carbocycles. The maximum atomic E-state index is 11.2. The van der Waals surface area contributed by atoms with E-state index in [4.69, 9.17) is 16.3 Å². The van der Waals surface area contributed by atoms with Crippen LogP contribution in [0.15, 0.2) is 17.5 Å². The summed E-state index contributed by atoms with van der Waals surface area (Å²) < 4.78 is 4.22. The van der Waals surface area contributed by atoms with Crippen molar-refractivity contribution in [2.45, 2.75) is 18.1 Å². The Morgan fingerprint density at radius 3 is 3.13 bits per heavy atom. The average Bonchev–Trinajstić information content (AvgIpc) is 2.71. The molecule has 1 atom stereocenters.